The first-order valence-electron chi connectivity index (χ1n) is 9.13. The van der Waals surface area contributed by atoms with Crippen LogP contribution in [0, 0.1) is 5.82 Å². The van der Waals surface area contributed by atoms with Gasteiger partial charge in [-0.15, -0.1) is 4.68 Å². The van der Waals surface area contributed by atoms with Gasteiger partial charge in [0.2, 0.25) is 5.69 Å². The summed E-state index contributed by atoms with van der Waals surface area (Å²) < 4.78 is 25.9. The van der Waals surface area contributed by atoms with Crippen molar-refractivity contribution >= 4 is 11.2 Å². The summed E-state index contributed by atoms with van der Waals surface area (Å²) in [6.45, 7) is 0.132. The number of aromatic nitrogens is 4. The molecule has 0 fully saturated rings. The largest absolute Gasteiger partial charge is 0.493 e. The Hall–Kier alpha value is -3.46. The summed E-state index contributed by atoms with van der Waals surface area (Å²) in [6.07, 6.45) is 5.02. The fourth-order valence-electron chi connectivity index (χ4n) is 3.32. The molecule has 0 aliphatic carbocycles. The molecule has 4 aromatic rings. The lowest BCUT2D eigenvalue weighted by atomic mass is 10.1. The van der Waals surface area contributed by atoms with Gasteiger partial charge < -0.3 is 14.3 Å². The molecule has 0 saturated heterocycles. The zero-order valence-electron chi connectivity index (χ0n) is 15.7. The van der Waals surface area contributed by atoms with E-state index in [0.29, 0.717) is 35.6 Å². The molecule has 3 heterocycles. The molecule has 0 amide bonds. The second-order valence-corrected chi connectivity index (χ2v) is 6.65. The highest BCUT2D eigenvalue weighted by Crippen LogP contribution is 2.24. The van der Waals surface area contributed by atoms with Crippen LogP contribution in [-0.4, -0.2) is 26.8 Å². The first-order valence-corrected chi connectivity index (χ1v) is 9.13. The Kier molecular flexibility index (Phi) is 5.13. The average Bonchev–Trinajstić information content (AvgIpc) is 3.26. The van der Waals surface area contributed by atoms with Crippen molar-refractivity contribution in [3.63, 3.8) is 0 Å². The van der Waals surface area contributed by atoms with Crippen LogP contribution in [0.15, 0.2) is 45.9 Å². The van der Waals surface area contributed by atoms with Crippen molar-refractivity contribution in [2.24, 2.45) is 7.05 Å². The van der Waals surface area contributed by atoms with Gasteiger partial charge in [-0.2, -0.15) is 5.10 Å². The number of hydrogen-bond acceptors (Lipinski definition) is 5. The summed E-state index contributed by atoms with van der Waals surface area (Å²) >= 11 is 0. The number of hydrogen-bond donors (Lipinski definition) is 3. The van der Waals surface area contributed by atoms with Crippen LogP contribution in [0.1, 0.15) is 17.5 Å². The zero-order chi connectivity index (χ0) is 20.4. The third-order valence-corrected chi connectivity index (χ3v) is 4.66. The number of nitrogens with one attached hydrogen (secondary N) is 2. The van der Waals surface area contributed by atoms with E-state index in [-0.39, 0.29) is 6.61 Å². The SMILES string of the molecule is C[n+]1[nH]cc(CCCOc2ccc(F)cc2CO)c1-c1cnc2[nH]c(=O)oc2c1. The minimum absolute atomic E-state index is 0.282. The first-order chi connectivity index (χ1) is 14.0. The Morgan fingerprint density at radius 1 is 1.31 bits per heavy atom. The smallest absolute Gasteiger partial charge is 0.418 e. The van der Waals surface area contributed by atoms with Gasteiger partial charge in [0.1, 0.15) is 11.6 Å². The second-order valence-electron chi connectivity index (χ2n) is 6.65. The van der Waals surface area contributed by atoms with E-state index in [1.807, 2.05) is 17.9 Å². The summed E-state index contributed by atoms with van der Waals surface area (Å²) in [5.41, 5.74) is 4.03. The number of aromatic amines is 2. The van der Waals surface area contributed by atoms with Crippen LogP contribution in [0.3, 0.4) is 0 Å². The van der Waals surface area contributed by atoms with E-state index < -0.39 is 11.6 Å². The Morgan fingerprint density at radius 2 is 2.17 bits per heavy atom. The third-order valence-electron chi connectivity index (χ3n) is 4.66. The van der Waals surface area contributed by atoms with E-state index in [0.717, 1.165) is 23.2 Å². The predicted octanol–water partition coefficient (Wildman–Crippen LogP) is 1.98. The quantitative estimate of drug-likeness (QED) is 0.325. The molecule has 3 aromatic heterocycles. The molecule has 0 saturated carbocycles. The monoisotopic (exact) mass is 399 g/mol. The summed E-state index contributed by atoms with van der Waals surface area (Å²) in [6, 6.07) is 5.87. The van der Waals surface area contributed by atoms with Gasteiger partial charge in [0.15, 0.2) is 18.3 Å². The van der Waals surface area contributed by atoms with Crippen molar-refractivity contribution in [1.82, 2.24) is 15.1 Å². The molecule has 9 heteroatoms. The molecule has 0 unspecified atom stereocenters. The van der Waals surface area contributed by atoms with Crippen molar-refractivity contribution < 1.29 is 23.3 Å². The zero-order valence-corrected chi connectivity index (χ0v) is 15.7. The minimum atomic E-state index is -0.538. The summed E-state index contributed by atoms with van der Waals surface area (Å²) in [5.74, 6) is -0.468. The number of fused-ring (bicyclic) bond motifs is 1. The molecule has 0 aliphatic rings. The fraction of sp³-hybridized carbons (Fsp3) is 0.250. The van der Waals surface area contributed by atoms with Crippen molar-refractivity contribution in [2.75, 3.05) is 6.61 Å². The van der Waals surface area contributed by atoms with Crippen LogP contribution >= 0.6 is 0 Å². The maximum atomic E-state index is 13.2. The van der Waals surface area contributed by atoms with Crippen LogP contribution in [0.4, 0.5) is 4.39 Å². The van der Waals surface area contributed by atoms with Crippen LogP contribution in [0.2, 0.25) is 0 Å². The third kappa shape index (κ3) is 3.90. The molecule has 4 rings (SSSR count). The normalized spacial score (nSPS) is 11.3. The Labute approximate surface area is 164 Å². The highest BCUT2D eigenvalue weighted by Gasteiger charge is 2.20. The van der Waals surface area contributed by atoms with E-state index in [2.05, 4.69) is 15.1 Å². The van der Waals surface area contributed by atoms with Gasteiger partial charge in [-0.3, -0.25) is 4.98 Å². The topological polar surface area (TPSA) is 108 Å². The molecule has 1 aromatic carbocycles. The Bertz CT molecular complexity index is 1210. The molecular weight excluding hydrogens is 379 g/mol. The molecule has 3 N–H and O–H groups in total. The number of aliphatic hydroxyl groups is 1. The summed E-state index contributed by atoms with van der Waals surface area (Å²) in [4.78, 5) is 18.1. The van der Waals surface area contributed by atoms with E-state index in [1.54, 1.807) is 12.3 Å². The van der Waals surface area contributed by atoms with Gasteiger partial charge in [-0.25, -0.2) is 14.2 Å². The predicted molar refractivity (Wildman–Crippen MR) is 102 cm³/mol. The van der Waals surface area contributed by atoms with Crippen LogP contribution in [0.5, 0.6) is 5.75 Å². The van der Waals surface area contributed by atoms with E-state index in [1.165, 1.54) is 18.2 Å². The highest BCUT2D eigenvalue weighted by atomic mass is 19.1. The number of rotatable bonds is 7. The average molecular weight is 399 g/mol. The fourth-order valence-corrected chi connectivity index (χ4v) is 3.32. The van der Waals surface area contributed by atoms with Gasteiger partial charge in [-0.1, -0.05) is 0 Å². The molecule has 150 valence electrons. The summed E-state index contributed by atoms with van der Waals surface area (Å²) in [7, 11) is 1.89. The van der Waals surface area contributed by atoms with Gasteiger partial charge in [0, 0.05) is 23.4 Å². The van der Waals surface area contributed by atoms with Crippen molar-refractivity contribution in [1.29, 1.82) is 0 Å². The number of aryl methyl sites for hydroxylation is 2. The van der Waals surface area contributed by atoms with Crippen LogP contribution < -0.4 is 15.2 Å². The highest BCUT2D eigenvalue weighted by molar-refractivity contribution is 5.74. The van der Waals surface area contributed by atoms with Crippen molar-refractivity contribution in [3.8, 4) is 17.0 Å². The maximum Gasteiger partial charge on any atom is 0.418 e. The van der Waals surface area contributed by atoms with Gasteiger partial charge in [-0.05, 0) is 31.0 Å². The van der Waals surface area contributed by atoms with E-state index in [4.69, 9.17) is 9.15 Å². The molecular formula is C20H20FN4O4+. The molecule has 8 nitrogen and oxygen atoms in total. The Morgan fingerprint density at radius 3 is 3.00 bits per heavy atom. The van der Waals surface area contributed by atoms with E-state index in [9.17, 15) is 14.3 Å². The number of ether oxygens (including phenoxy) is 1. The number of aliphatic hydroxyl groups excluding tert-OH is 1. The molecule has 0 bridgehead atoms. The van der Waals surface area contributed by atoms with Gasteiger partial charge >= 0.3 is 5.76 Å². The van der Waals surface area contributed by atoms with Crippen molar-refractivity contribution in [2.45, 2.75) is 19.4 Å². The lowest BCUT2D eigenvalue weighted by Crippen LogP contribution is -2.32. The maximum absolute atomic E-state index is 13.2. The number of benzene rings is 1. The van der Waals surface area contributed by atoms with Gasteiger partial charge in [0.05, 0.1) is 25.0 Å². The molecule has 0 aliphatic heterocycles. The standard InChI is InChI=1S/C20H19FN4O4/c1-25-18(13-8-17-19(22-9-13)24-20(27)29-17)12(10-23-25)3-2-6-28-16-5-4-15(21)7-14(16)11-26/h4-5,7-10,26H,2-3,6,11H2,1H3,(H,22,23,24,27)/p+1. The number of nitrogens with zero attached hydrogens (tertiary/aromatic N) is 2. The van der Waals surface area contributed by atoms with Crippen LogP contribution in [0.25, 0.3) is 22.5 Å². The molecule has 0 radical (unpaired) electrons. The lowest BCUT2D eigenvalue weighted by molar-refractivity contribution is -0.716. The number of pyridine rings is 1. The number of oxazole rings is 1. The summed E-state index contributed by atoms with van der Waals surface area (Å²) in [5, 5.41) is 12.5. The van der Waals surface area contributed by atoms with Crippen molar-refractivity contribution in [3.05, 3.63) is 64.2 Å². The van der Waals surface area contributed by atoms with E-state index >= 15 is 0 Å². The number of H-pyrrole nitrogens is 2. The first kappa shape index (κ1) is 18.9. The van der Waals surface area contributed by atoms with Gasteiger partial charge in [0.25, 0.3) is 0 Å². The molecule has 0 atom stereocenters. The molecule has 0 spiro atoms. The Balaban J connectivity index is 1.47. The number of halogens is 1. The molecule has 29 heavy (non-hydrogen) atoms. The van der Waals surface area contributed by atoms with Crippen LogP contribution in [-0.2, 0) is 20.1 Å². The lowest BCUT2D eigenvalue weighted by Gasteiger charge is -2.10. The minimum Gasteiger partial charge on any atom is -0.493 e. The second kappa shape index (κ2) is 7.88.